The third-order valence-electron chi connectivity index (χ3n) is 11.4. The Bertz CT molecular complexity index is 1330. The van der Waals surface area contributed by atoms with Crippen molar-refractivity contribution in [2.24, 2.45) is 34.5 Å². The maximum Gasteiger partial charge on any atom is 0.217 e. The molecule has 10 heteroatoms. The molecule has 1 aliphatic heterocycles. The number of hydrogen-bond donors (Lipinski definition) is 4. The number of Topliss-reactive ketones (excluding diaryl/α,β-unsaturated/α-hetero) is 1. The summed E-state index contributed by atoms with van der Waals surface area (Å²) in [5, 5.41) is 31.9. The molecule has 0 radical (unpaired) electrons. The standard InChI is InChI=1S/C21H32O6S.C10H13NO2/c1-12(22)15-4-5-16-14-11-19(23)18-10-13(27-28(24,25)26)6-8-21(18,3)17(14)7-9-20(15,16)2;1-6-8-5-10(13)9(12)4-7(8)2-3-11-6/h7,13-16,18-19,23H,4-6,8-11H2,1-3H3,(H,24,25,26);4-6,11-13H,2-3H2,1H3/t13-,14-,15+,16-,18+,19-,20+,21+;6-/m01/s1. The van der Waals surface area contributed by atoms with Crippen LogP contribution in [-0.2, 0) is 25.8 Å². The smallest absolute Gasteiger partial charge is 0.217 e. The third-order valence-corrected chi connectivity index (χ3v) is 11.9. The van der Waals surface area contributed by atoms with Crippen LogP contribution < -0.4 is 5.32 Å². The number of aliphatic hydroxyl groups excluding tert-OH is 1. The Morgan fingerprint density at radius 3 is 2.49 bits per heavy atom. The second-order valence-electron chi connectivity index (χ2n) is 13.7. The highest BCUT2D eigenvalue weighted by Crippen LogP contribution is 2.65. The van der Waals surface area contributed by atoms with E-state index in [1.165, 1.54) is 5.57 Å². The van der Waals surface area contributed by atoms with E-state index in [1.807, 2.05) is 0 Å². The van der Waals surface area contributed by atoms with Gasteiger partial charge in [0.1, 0.15) is 11.8 Å². The minimum absolute atomic E-state index is 0.00662. The molecule has 3 saturated carbocycles. The van der Waals surface area contributed by atoms with Crippen molar-refractivity contribution < 1.29 is 42.6 Å². The number of carbonyl (C=O) groups is 1. The fraction of sp³-hybridized carbons (Fsp3) is 0.710. The van der Waals surface area contributed by atoms with Crippen molar-refractivity contribution in [3.8, 4) is 11.5 Å². The van der Waals surface area contributed by atoms with Gasteiger partial charge in [0.2, 0.25) is 10.4 Å². The van der Waals surface area contributed by atoms with Crippen LogP contribution in [0.1, 0.15) is 89.8 Å². The van der Waals surface area contributed by atoms with Gasteiger partial charge in [-0.15, -0.1) is 0 Å². The lowest BCUT2D eigenvalue weighted by atomic mass is 9.48. The SMILES string of the molecule is CC(=O)[C@H]1CC[C@H]2[C@@H]3C[C@H](O)[C@H]4C[C@@H](OS(=O)(=O)[O-])CC[C@]4(C)C3=CC[C@]12C.C[C@H]1[NH2+]CCc2cc(O)c(O)cc21. The molecular weight excluding hydrogens is 546 g/mol. The molecule has 228 valence electrons. The van der Waals surface area contributed by atoms with Gasteiger partial charge in [0.15, 0.2) is 11.5 Å². The summed E-state index contributed by atoms with van der Waals surface area (Å²) in [5.74, 6) is 0.937. The molecule has 4 aliphatic carbocycles. The van der Waals surface area contributed by atoms with E-state index < -0.39 is 22.6 Å². The van der Waals surface area contributed by atoms with Crippen molar-refractivity contribution in [2.45, 2.75) is 97.3 Å². The van der Waals surface area contributed by atoms with Gasteiger partial charge in [-0.25, -0.2) is 8.42 Å². The first-order valence-corrected chi connectivity index (χ1v) is 16.4. The number of rotatable bonds is 3. The molecule has 0 bridgehead atoms. The fourth-order valence-corrected chi connectivity index (χ4v) is 9.86. The minimum atomic E-state index is -4.73. The second-order valence-corrected chi connectivity index (χ2v) is 14.7. The highest BCUT2D eigenvalue weighted by molar-refractivity contribution is 7.80. The van der Waals surface area contributed by atoms with E-state index in [1.54, 1.807) is 19.1 Å². The van der Waals surface area contributed by atoms with Gasteiger partial charge >= 0.3 is 0 Å². The van der Waals surface area contributed by atoms with Crippen LogP contribution in [-0.4, -0.2) is 52.8 Å². The fourth-order valence-electron chi connectivity index (χ4n) is 9.35. The summed E-state index contributed by atoms with van der Waals surface area (Å²) in [6.07, 6.45) is 7.19. The Morgan fingerprint density at radius 1 is 1.10 bits per heavy atom. The molecular formula is C31H45NO8S. The molecule has 3 fully saturated rings. The van der Waals surface area contributed by atoms with Crippen LogP contribution in [0.4, 0.5) is 0 Å². The Labute approximate surface area is 243 Å². The second kappa shape index (κ2) is 10.9. The molecule has 41 heavy (non-hydrogen) atoms. The Balaban J connectivity index is 0.000000216. The summed E-state index contributed by atoms with van der Waals surface area (Å²) in [4.78, 5) is 12.2. The van der Waals surface area contributed by atoms with Gasteiger partial charge in [0.25, 0.3) is 0 Å². The minimum Gasteiger partial charge on any atom is -0.726 e. The Hall–Kier alpha value is -1.98. The van der Waals surface area contributed by atoms with Crippen LogP contribution in [0.5, 0.6) is 11.5 Å². The normalized spacial score (nSPS) is 39.7. The molecule has 0 saturated heterocycles. The van der Waals surface area contributed by atoms with Crippen LogP contribution in [0.3, 0.4) is 0 Å². The number of benzene rings is 1. The van der Waals surface area contributed by atoms with Crippen molar-refractivity contribution in [3.63, 3.8) is 0 Å². The number of phenols is 2. The van der Waals surface area contributed by atoms with E-state index in [9.17, 15) is 33.1 Å². The van der Waals surface area contributed by atoms with Crippen LogP contribution in [0.15, 0.2) is 23.8 Å². The average Bonchev–Trinajstić information content (AvgIpc) is 3.24. The highest BCUT2D eigenvalue weighted by atomic mass is 32.3. The maximum absolute atomic E-state index is 12.2. The summed E-state index contributed by atoms with van der Waals surface area (Å²) < 4.78 is 37.8. The lowest BCUT2D eigenvalue weighted by Gasteiger charge is -2.58. The molecule has 9 nitrogen and oxygen atoms in total. The van der Waals surface area contributed by atoms with Crippen LogP contribution in [0.25, 0.3) is 0 Å². The van der Waals surface area contributed by atoms with E-state index in [0.717, 1.165) is 43.4 Å². The number of quaternary nitrogens is 1. The summed E-state index contributed by atoms with van der Waals surface area (Å²) >= 11 is 0. The molecule has 0 amide bonds. The zero-order valence-corrected chi connectivity index (χ0v) is 25.3. The topological polar surface area (TPSA) is 161 Å². The number of fused-ring (bicyclic) bond motifs is 6. The number of phenolic OH excluding ortho intramolecular Hbond substituents is 2. The molecule has 1 aromatic carbocycles. The predicted octanol–water partition coefficient (Wildman–Crippen LogP) is 3.25. The molecule has 0 aromatic heterocycles. The van der Waals surface area contributed by atoms with E-state index in [0.29, 0.717) is 37.6 Å². The van der Waals surface area contributed by atoms with E-state index >= 15 is 0 Å². The van der Waals surface area contributed by atoms with Crippen molar-refractivity contribution in [1.82, 2.24) is 0 Å². The summed E-state index contributed by atoms with van der Waals surface area (Å²) in [6.45, 7) is 9.29. The number of aromatic hydroxyl groups is 2. The van der Waals surface area contributed by atoms with Gasteiger partial charge in [0.05, 0.1) is 18.8 Å². The van der Waals surface area contributed by atoms with Gasteiger partial charge in [0, 0.05) is 17.9 Å². The number of nitrogens with two attached hydrogens (primary N) is 1. The lowest BCUT2D eigenvalue weighted by molar-refractivity contribution is -0.695. The van der Waals surface area contributed by atoms with E-state index in [-0.39, 0.29) is 45.9 Å². The van der Waals surface area contributed by atoms with Gasteiger partial charge in [-0.2, -0.15) is 0 Å². The molecule has 0 unspecified atom stereocenters. The molecule has 1 heterocycles. The average molecular weight is 592 g/mol. The predicted molar refractivity (Wildman–Crippen MR) is 151 cm³/mol. The Morgan fingerprint density at radius 2 is 1.80 bits per heavy atom. The maximum atomic E-state index is 12.2. The van der Waals surface area contributed by atoms with Crippen LogP contribution in [0.2, 0.25) is 0 Å². The van der Waals surface area contributed by atoms with Crippen molar-refractivity contribution in [2.75, 3.05) is 6.54 Å². The van der Waals surface area contributed by atoms with Gasteiger partial charge in [-0.3, -0.25) is 8.98 Å². The monoisotopic (exact) mass is 591 g/mol. The quantitative estimate of drug-likeness (QED) is 0.180. The van der Waals surface area contributed by atoms with Gasteiger partial charge < -0.3 is 25.2 Å². The van der Waals surface area contributed by atoms with E-state index in [2.05, 4.69) is 32.2 Å². The van der Waals surface area contributed by atoms with Crippen LogP contribution in [0, 0.1) is 34.5 Å². The first-order valence-electron chi connectivity index (χ1n) is 15.0. The number of carbonyl (C=O) groups excluding carboxylic acids is 1. The number of hydrogen-bond acceptors (Lipinski definition) is 8. The zero-order chi connectivity index (χ0) is 29.9. The highest BCUT2D eigenvalue weighted by Gasteiger charge is 2.60. The summed E-state index contributed by atoms with van der Waals surface area (Å²) in [5.41, 5.74) is 3.45. The van der Waals surface area contributed by atoms with Crippen molar-refractivity contribution in [3.05, 3.63) is 34.9 Å². The molecule has 5 aliphatic rings. The first kappa shape index (κ1) is 30.5. The number of ketones is 1. The first-order chi connectivity index (χ1) is 19.1. The summed E-state index contributed by atoms with van der Waals surface area (Å²) in [6, 6.07) is 3.73. The molecule has 9 atom stereocenters. The zero-order valence-electron chi connectivity index (χ0n) is 24.5. The molecule has 1 aromatic rings. The van der Waals surface area contributed by atoms with E-state index in [4.69, 9.17) is 4.18 Å². The van der Waals surface area contributed by atoms with Crippen molar-refractivity contribution >= 4 is 16.2 Å². The van der Waals surface area contributed by atoms with Crippen molar-refractivity contribution in [1.29, 1.82) is 0 Å². The molecule has 5 N–H and O–H groups in total. The Kier molecular flexibility index (Phi) is 8.13. The van der Waals surface area contributed by atoms with Crippen LogP contribution >= 0.6 is 0 Å². The number of allylic oxidation sites excluding steroid dienone is 2. The number of aliphatic hydroxyl groups is 1. The molecule has 6 rings (SSSR count). The molecule has 0 spiro atoms. The summed E-state index contributed by atoms with van der Waals surface area (Å²) in [7, 11) is -4.73. The lowest BCUT2D eigenvalue weighted by Crippen LogP contribution is -2.86. The third kappa shape index (κ3) is 5.58. The largest absolute Gasteiger partial charge is 0.726 e. The van der Waals surface area contributed by atoms with Gasteiger partial charge in [-0.05, 0) is 105 Å². The van der Waals surface area contributed by atoms with Gasteiger partial charge in [-0.1, -0.05) is 25.5 Å².